The van der Waals surface area contributed by atoms with Crippen molar-refractivity contribution in [2.75, 3.05) is 20.3 Å². The van der Waals surface area contributed by atoms with Crippen LogP contribution in [0.1, 0.15) is 19.3 Å². The van der Waals surface area contributed by atoms with Gasteiger partial charge in [0.25, 0.3) is 0 Å². The third-order valence-corrected chi connectivity index (χ3v) is 4.20. The SMILES string of the molecule is COC(=O)C1=C(O)C[C@@H]2CC(=O)C[C@H]1C21OCCO1. The topological polar surface area (TPSA) is 82.1 Å². The van der Waals surface area contributed by atoms with Crippen LogP contribution in [0.25, 0.3) is 0 Å². The minimum absolute atomic E-state index is 0.000856. The smallest absolute Gasteiger partial charge is 0.337 e. The number of ketones is 1. The molecule has 0 amide bonds. The van der Waals surface area contributed by atoms with Crippen LogP contribution in [-0.4, -0.2) is 43.0 Å². The lowest BCUT2D eigenvalue weighted by molar-refractivity contribution is -0.241. The van der Waals surface area contributed by atoms with Gasteiger partial charge in [0.05, 0.1) is 31.8 Å². The highest BCUT2D eigenvalue weighted by molar-refractivity contribution is 5.92. The van der Waals surface area contributed by atoms with Crippen molar-refractivity contribution < 1.29 is 28.9 Å². The quantitative estimate of drug-likeness (QED) is 0.705. The van der Waals surface area contributed by atoms with E-state index in [2.05, 4.69) is 0 Å². The van der Waals surface area contributed by atoms with Crippen molar-refractivity contribution in [1.82, 2.24) is 0 Å². The number of aliphatic hydroxyl groups is 1. The summed E-state index contributed by atoms with van der Waals surface area (Å²) >= 11 is 0. The predicted octanol–water partition coefficient (Wildman–Crippen LogP) is 0.714. The molecular weight excluding hydrogens is 252 g/mol. The maximum atomic E-state index is 11.9. The third-order valence-electron chi connectivity index (χ3n) is 4.20. The molecule has 1 saturated carbocycles. The van der Waals surface area contributed by atoms with E-state index in [4.69, 9.17) is 14.2 Å². The second-order valence-corrected chi connectivity index (χ2v) is 5.17. The molecule has 2 fully saturated rings. The Balaban J connectivity index is 2.07. The molecule has 2 bridgehead atoms. The fourth-order valence-corrected chi connectivity index (χ4v) is 3.47. The molecule has 2 atom stereocenters. The Morgan fingerprint density at radius 1 is 1.32 bits per heavy atom. The third kappa shape index (κ3) is 1.70. The second-order valence-electron chi connectivity index (χ2n) is 5.17. The maximum absolute atomic E-state index is 11.9. The normalized spacial score (nSPS) is 32.8. The molecule has 0 aromatic rings. The number of aliphatic hydroxyl groups excluding tert-OH is 1. The van der Waals surface area contributed by atoms with E-state index in [0.29, 0.717) is 19.6 Å². The highest BCUT2D eigenvalue weighted by atomic mass is 16.7. The minimum Gasteiger partial charge on any atom is -0.512 e. The monoisotopic (exact) mass is 268 g/mol. The number of hydrogen-bond acceptors (Lipinski definition) is 6. The van der Waals surface area contributed by atoms with Crippen LogP contribution in [0.5, 0.6) is 0 Å². The first-order valence-electron chi connectivity index (χ1n) is 6.38. The summed E-state index contributed by atoms with van der Waals surface area (Å²) in [4.78, 5) is 23.7. The van der Waals surface area contributed by atoms with E-state index in [1.54, 1.807) is 0 Å². The van der Waals surface area contributed by atoms with Crippen LogP contribution >= 0.6 is 0 Å². The van der Waals surface area contributed by atoms with Gasteiger partial charge in [0.2, 0.25) is 0 Å². The molecular formula is C13H16O6. The summed E-state index contributed by atoms with van der Waals surface area (Å²) in [6.07, 6.45) is 0.673. The fraction of sp³-hybridized carbons (Fsp3) is 0.692. The van der Waals surface area contributed by atoms with E-state index < -0.39 is 17.7 Å². The molecule has 2 aliphatic carbocycles. The zero-order chi connectivity index (χ0) is 13.6. The van der Waals surface area contributed by atoms with Crippen molar-refractivity contribution in [2.45, 2.75) is 25.0 Å². The van der Waals surface area contributed by atoms with Gasteiger partial charge in [0, 0.05) is 25.2 Å². The number of rotatable bonds is 1. The van der Waals surface area contributed by atoms with Gasteiger partial charge in [0.1, 0.15) is 11.5 Å². The molecule has 1 N–H and O–H groups in total. The van der Waals surface area contributed by atoms with Crippen molar-refractivity contribution in [3.63, 3.8) is 0 Å². The van der Waals surface area contributed by atoms with Crippen molar-refractivity contribution in [3.8, 4) is 0 Å². The van der Waals surface area contributed by atoms with E-state index in [1.807, 2.05) is 0 Å². The number of carbonyl (C=O) groups excluding carboxylic acids is 2. The van der Waals surface area contributed by atoms with Crippen LogP contribution in [-0.2, 0) is 23.8 Å². The fourth-order valence-electron chi connectivity index (χ4n) is 3.47. The molecule has 1 saturated heterocycles. The van der Waals surface area contributed by atoms with E-state index in [-0.39, 0.29) is 35.9 Å². The molecule has 1 heterocycles. The molecule has 1 aliphatic heterocycles. The summed E-state index contributed by atoms with van der Waals surface area (Å²) in [6.45, 7) is 0.882. The van der Waals surface area contributed by atoms with E-state index in [9.17, 15) is 14.7 Å². The van der Waals surface area contributed by atoms with Gasteiger partial charge in [-0.15, -0.1) is 0 Å². The molecule has 3 rings (SSSR count). The standard InChI is InChI=1S/C13H16O6/c1-17-12(16)11-9-6-8(14)4-7(5-10(11)15)13(9)18-2-3-19-13/h7,9,15H,2-6H2,1H3/t7-,9+/m0/s1. The lowest BCUT2D eigenvalue weighted by Gasteiger charge is -2.47. The minimum atomic E-state index is -0.941. The number of allylic oxidation sites excluding steroid dienone is 1. The Hall–Kier alpha value is -1.40. The molecule has 104 valence electrons. The van der Waals surface area contributed by atoms with Crippen LogP contribution in [0.15, 0.2) is 11.3 Å². The number of carbonyl (C=O) groups is 2. The lowest BCUT2D eigenvalue weighted by Crippen LogP contribution is -2.55. The van der Waals surface area contributed by atoms with E-state index >= 15 is 0 Å². The van der Waals surface area contributed by atoms with Gasteiger partial charge in [-0.1, -0.05) is 0 Å². The summed E-state index contributed by atoms with van der Waals surface area (Å²) in [5.74, 6) is -2.29. The molecule has 0 unspecified atom stereocenters. The number of esters is 1. The van der Waals surface area contributed by atoms with Gasteiger partial charge in [-0.25, -0.2) is 4.79 Å². The Bertz CT molecular complexity index is 460. The summed E-state index contributed by atoms with van der Waals surface area (Å²) in [6, 6.07) is 0. The highest BCUT2D eigenvalue weighted by Gasteiger charge is 2.60. The predicted molar refractivity (Wildman–Crippen MR) is 62.1 cm³/mol. The molecule has 19 heavy (non-hydrogen) atoms. The summed E-state index contributed by atoms with van der Waals surface area (Å²) in [5, 5.41) is 10.1. The van der Waals surface area contributed by atoms with Crippen LogP contribution in [0.4, 0.5) is 0 Å². The van der Waals surface area contributed by atoms with Crippen molar-refractivity contribution in [1.29, 1.82) is 0 Å². The number of Topliss-reactive ketones (excluding diaryl/α,β-unsaturated/α-hetero) is 1. The van der Waals surface area contributed by atoms with Gasteiger partial charge in [-0.2, -0.15) is 0 Å². The van der Waals surface area contributed by atoms with Crippen LogP contribution in [0, 0.1) is 11.8 Å². The summed E-state index contributed by atoms with van der Waals surface area (Å²) in [5.41, 5.74) is 0.133. The Morgan fingerprint density at radius 2 is 2.00 bits per heavy atom. The average Bonchev–Trinajstić information content (AvgIpc) is 2.83. The Kier molecular flexibility index (Phi) is 2.87. The van der Waals surface area contributed by atoms with Gasteiger partial charge in [-0.3, -0.25) is 4.79 Å². The summed E-state index contributed by atoms with van der Waals surface area (Å²) in [7, 11) is 1.25. The molecule has 0 aromatic heterocycles. The van der Waals surface area contributed by atoms with Crippen molar-refractivity contribution >= 4 is 11.8 Å². The number of methoxy groups -OCH3 is 1. The average molecular weight is 268 g/mol. The first-order valence-corrected chi connectivity index (χ1v) is 6.38. The van der Waals surface area contributed by atoms with Crippen LogP contribution in [0.3, 0.4) is 0 Å². The molecule has 1 spiro atoms. The summed E-state index contributed by atoms with van der Waals surface area (Å²) < 4.78 is 16.2. The van der Waals surface area contributed by atoms with Crippen LogP contribution in [0.2, 0.25) is 0 Å². The van der Waals surface area contributed by atoms with Gasteiger partial charge >= 0.3 is 5.97 Å². The van der Waals surface area contributed by atoms with Crippen LogP contribution < -0.4 is 0 Å². The number of ether oxygens (including phenoxy) is 3. The molecule has 0 aromatic carbocycles. The van der Waals surface area contributed by atoms with E-state index in [0.717, 1.165) is 0 Å². The van der Waals surface area contributed by atoms with Crippen molar-refractivity contribution in [2.24, 2.45) is 11.8 Å². The van der Waals surface area contributed by atoms with Crippen molar-refractivity contribution in [3.05, 3.63) is 11.3 Å². The maximum Gasteiger partial charge on any atom is 0.337 e. The first-order chi connectivity index (χ1) is 9.08. The van der Waals surface area contributed by atoms with Gasteiger partial charge < -0.3 is 19.3 Å². The van der Waals surface area contributed by atoms with Gasteiger partial charge in [-0.05, 0) is 0 Å². The Labute approximate surface area is 110 Å². The molecule has 0 radical (unpaired) electrons. The molecule has 6 nitrogen and oxygen atoms in total. The van der Waals surface area contributed by atoms with Gasteiger partial charge in [0.15, 0.2) is 5.79 Å². The lowest BCUT2D eigenvalue weighted by atomic mass is 9.66. The second kappa shape index (κ2) is 4.31. The zero-order valence-corrected chi connectivity index (χ0v) is 10.7. The molecule has 3 aliphatic rings. The molecule has 6 heteroatoms. The largest absolute Gasteiger partial charge is 0.512 e. The highest BCUT2D eigenvalue weighted by Crippen LogP contribution is 2.52. The van der Waals surface area contributed by atoms with E-state index in [1.165, 1.54) is 7.11 Å². The Morgan fingerprint density at radius 3 is 2.63 bits per heavy atom. The zero-order valence-electron chi connectivity index (χ0n) is 10.7. The first kappa shape index (κ1) is 12.6. The number of hydrogen-bond donors (Lipinski definition) is 1.